The average Bonchev–Trinajstić information content (AvgIpc) is 2.79. The van der Waals surface area contributed by atoms with Crippen LogP contribution in [0.1, 0.15) is 6.42 Å². The van der Waals surface area contributed by atoms with Gasteiger partial charge in [0.1, 0.15) is 6.10 Å². The summed E-state index contributed by atoms with van der Waals surface area (Å²) >= 11 is 3.97. The summed E-state index contributed by atoms with van der Waals surface area (Å²) in [6.07, 6.45) is 2.58. The third-order valence-corrected chi connectivity index (χ3v) is 4.59. The SMILES string of the molecule is O=C1O[C@@H](CCI)CN1c1ccc2c(c1)NC=CS2. The van der Waals surface area contributed by atoms with Gasteiger partial charge in [-0.05, 0) is 30.0 Å². The first-order valence-corrected chi connectivity index (χ1v) is 8.45. The highest BCUT2D eigenvalue weighted by atomic mass is 127. The van der Waals surface area contributed by atoms with Crippen molar-refractivity contribution in [1.29, 1.82) is 0 Å². The number of ether oxygens (including phenoxy) is 1. The van der Waals surface area contributed by atoms with Gasteiger partial charge >= 0.3 is 6.09 Å². The van der Waals surface area contributed by atoms with Gasteiger partial charge in [-0.15, -0.1) is 0 Å². The average molecular weight is 388 g/mol. The zero-order valence-corrected chi connectivity index (χ0v) is 13.1. The molecule has 1 atom stereocenters. The van der Waals surface area contributed by atoms with Gasteiger partial charge in [-0.2, -0.15) is 0 Å². The van der Waals surface area contributed by atoms with Gasteiger partial charge in [-0.25, -0.2) is 4.79 Å². The second-order valence-corrected chi connectivity index (χ2v) is 6.37. The van der Waals surface area contributed by atoms with Crippen LogP contribution in [0.15, 0.2) is 34.7 Å². The Morgan fingerprint density at radius 3 is 3.26 bits per heavy atom. The van der Waals surface area contributed by atoms with Crippen LogP contribution < -0.4 is 10.2 Å². The van der Waals surface area contributed by atoms with Crippen LogP contribution in [-0.4, -0.2) is 23.2 Å². The minimum atomic E-state index is -0.242. The molecule has 2 heterocycles. The number of carbonyl (C=O) groups excluding carboxylic acids is 1. The van der Waals surface area contributed by atoms with Crippen molar-refractivity contribution in [2.45, 2.75) is 17.4 Å². The van der Waals surface area contributed by atoms with E-state index in [1.54, 1.807) is 16.7 Å². The summed E-state index contributed by atoms with van der Waals surface area (Å²) < 4.78 is 6.35. The molecule has 0 saturated carbocycles. The van der Waals surface area contributed by atoms with Crippen molar-refractivity contribution in [2.75, 3.05) is 21.2 Å². The Hall–Kier alpha value is -0.890. The molecule has 0 aromatic heterocycles. The molecule has 4 nitrogen and oxygen atoms in total. The van der Waals surface area contributed by atoms with Crippen molar-refractivity contribution < 1.29 is 9.53 Å². The van der Waals surface area contributed by atoms with E-state index in [1.807, 2.05) is 29.8 Å². The minimum absolute atomic E-state index is 0.0164. The predicted molar refractivity (Wildman–Crippen MR) is 86.2 cm³/mol. The molecule has 1 aromatic rings. The number of hydrogen-bond acceptors (Lipinski definition) is 4. The number of hydrogen-bond donors (Lipinski definition) is 1. The number of cyclic esters (lactones) is 1. The van der Waals surface area contributed by atoms with Gasteiger partial charge in [0.25, 0.3) is 0 Å². The van der Waals surface area contributed by atoms with Crippen LogP contribution in [0.5, 0.6) is 0 Å². The van der Waals surface area contributed by atoms with Gasteiger partial charge in [0.15, 0.2) is 0 Å². The third kappa shape index (κ3) is 2.69. The first-order valence-electron chi connectivity index (χ1n) is 6.04. The van der Waals surface area contributed by atoms with E-state index in [9.17, 15) is 4.79 Å². The number of rotatable bonds is 3. The fourth-order valence-electron chi connectivity index (χ4n) is 2.14. The van der Waals surface area contributed by atoms with Crippen LogP contribution >= 0.6 is 34.4 Å². The number of halogens is 1. The summed E-state index contributed by atoms with van der Waals surface area (Å²) in [4.78, 5) is 14.8. The van der Waals surface area contributed by atoms with Crippen molar-refractivity contribution in [1.82, 2.24) is 0 Å². The van der Waals surface area contributed by atoms with E-state index in [4.69, 9.17) is 4.74 Å². The van der Waals surface area contributed by atoms with E-state index in [1.165, 1.54) is 4.90 Å². The topological polar surface area (TPSA) is 41.6 Å². The molecule has 2 aliphatic heterocycles. The van der Waals surface area contributed by atoms with E-state index >= 15 is 0 Å². The number of thioether (sulfide) groups is 1. The number of nitrogens with one attached hydrogen (secondary N) is 1. The van der Waals surface area contributed by atoms with Crippen molar-refractivity contribution in [3.63, 3.8) is 0 Å². The van der Waals surface area contributed by atoms with Crippen LogP contribution in [0.4, 0.5) is 16.2 Å². The molecule has 3 rings (SSSR count). The van der Waals surface area contributed by atoms with Crippen LogP contribution in [0.2, 0.25) is 0 Å². The quantitative estimate of drug-likeness (QED) is 0.632. The Kier molecular flexibility index (Phi) is 3.88. The summed E-state index contributed by atoms with van der Waals surface area (Å²) in [5.41, 5.74) is 1.93. The minimum Gasteiger partial charge on any atom is -0.444 e. The second kappa shape index (κ2) is 5.62. The molecule has 1 saturated heterocycles. The van der Waals surface area contributed by atoms with Gasteiger partial charge in [0, 0.05) is 21.2 Å². The maximum absolute atomic E-state index is 11.9. The first-order chi connectivity index (χ1) is 9.28. The zero-order chi connectivity index (χ0) is 13.2. The highest BCUT2D eigenvalue weighted by Crippen LogP contribution is 2.35. The number of carbonyl (C=O) groups is 1. The fraction of sp³-hybridized carbons (Fsp3) is 0.308. The normalized spacial score (nSPS) is 21.0. The highest BCUT2D eigenvalue weighted by Gasteiger charge is 2.32. The maximum Gasteiger partial charge on any atom is 0.414 e. The number of nitrogens with zero attached hydrogens (tertiary/aromatic N) is 1. The summed E-state index contributed by atoms with van der Waals surface area (Å²) in [5, 5.41) is 5.20. The molecule has 0 bridgehead atoms. The van der Waals surface area contributed by atoms with Gasteiger partial charge in [0.2, 0.25) is 0 Å². The van der Waals surface area contributed by atoms with E-state index in [0.717, 1.165) is 22.2 Å². The molecule has 6 heteroatoms. The van der Waals surface area contributed by atoms with Gasteiger partial charge in [-0.3, -0.25) is 4.90 Å². The van der Waals surface area contributed by atoms with E-state index in [0.29, 0.717) is 6.54 Å². The monoisotopic (exact) mass is 388 g/mol. The third-order valence-electron chi connectivity index (χ3n) is 3.08. The van der Waals surface area contributed by atoms with Gasteiger partial charge in [-0.1, -0.05) is 34.4 Å². The molecule has 100 valence electrons. The molecule has 0 aliphatic carbocycles. The number of anilines is 2. The standard InChI is InChI=1S/C13H13IN2O2S/c14-4-3-10-8-16(13(17)18-10)9-1-2-12-11(7-9)15-5-6-19-12/h1-2,5-7,10,15H,3-4,8H2/t10-/m0/s1. The Morgan fingerprint density at radius 2 is 2.42 bits per heavy atom. The van der Waals surface area contributed by atoms with Crippen LogP contribution in [0.25, 0.3) is 0 Å². The molecule has 0 spiro atoms. The van der Waals surface area contributed by atoms with E-state index < -0.39 is 0 Å². The number of benzene rings is 1. The first kappa shape index (κ1) is 13.1. The number of amides is 1. The molecule has 2 aliphatic rings. The summed E-state index contributed by atoms with van der Waals surface area (Å²) in [7, 11) is 0. The van der Waals surface area contributed by atoms with Gasteiger partial charge < -0.3 is 10.1 Å². The Morgan fingerprint density at radius 1 is 1.53 bits per heavy atom. The fourth-order valence-corrected chi connectivity index (χ4v) is 3.51. The molecular formula is C13H13IN2O2S. The predicted octanol–water partition coefficient (Wildman–Crippen LogP) is 3.83. The van der Waals surface area contributed by atoms with Crippen molar-refractivity contribution in [3.8, 4) is 0 Å². The van der Waals surface area contributed by atoms with E-state index in [2.05, 4.69) is 27.9 Å². The molecule has 0 radical (unpaired) electrons. The van der Waals surface area contributed by atoms with Crippen molar-refractivity contribution in [2.24, 2.45) is 0 Å². The Bertz CT molecular complexity index is 535. The molecular weight excluding hydrogens is 375 g/mol. The Balaban J connectivity index is 1.81. The summed E-state index contributed by atoms with van der Waals surface area (Å²) in [5.74, 6) is 0. The number of fused-ring (bicyclic) bond motifs is 1. The lowest BCUT2D eigenvalue weighted by atomic mass is 10.2. The van der Waals surface area contributed by atoms with Crippen molar-refractivity contribution in [3.05, 3.63) is 29.8 Å². The number of alkyl halides is 1. The van der Waals surface area contributed by atoms with E-state index in [-0.39, 0.29) is 12.2 Å². The smallest absolute Gasteiger partial charge is 0.414 e. The summed E-state index contributed by atoms with van der Waals surface area (Å²) in [6, 6.07) is 6.00. The van der Waals surface area contributed by atoms with Crippen LogP contribution in [0.3, 0.4) is 0 Å². The molecule has 19 heavy (non-hydrogen) atoms. The lowest BCUT2D eigenvalue weighted by Crippen LogP contribution is -2.24. The molecule has 1 amide bonds. The lowest BCUT2D eigenvalue weighted by molar-refractivity contribution is 0.140. The molecule has 1 N–H and O–H groups in total. The lowest BCUT2D eigenvalue weighted by Gasteiger charge is -2.17. The molecule has 0 unspecified atom stereocenters. The molecule has 1 fully saturated rings. The van der Waals surface area contributed by atoms with Gasteiger partial charge in [0.05, 0.1) is 12.2 Å². The second-order valence-electron chi connectivity index (χ2n) is 4.34. The summed E-state index contributed by atoms with van der Waals surface area (Å²) in [6.45, 7) is 0.642. The maximum atomic E-state index is 11.9. The van der Waals surface area contributed by atoms with Crippen molar-refractivity contribution >= 4 is 51.8 Å². The van der Waals surface area contributed by atoms with Crippen LogP contribution in [0, 0.1) is 0 Å². The highest BCUT2D eigenvalue weighted by molar-refractivity contribution is 14.1. The van der Waals surface area contributed by atoms with Crippen LogP contribution in [-0.2, 0) is 4.74 Å². The molecule has 1 aromatic carbocycles. The largest absolute Gasteiger partial charge is 0.444 e. The zero-order valence-electron chi connectivity index (χ0n) is 10.1. The Labute approximate surface area is 129 Å².